The van der Waals surface area contributed by atoms with E-state index >= 15 is 0 Å². The Balaban J connectivity index is 1.98. The fourth-order valence-electron chi connectivity index (χ4n) is 2.84. The zero-order chi connectivity index (χ0) is 15.1. The molecule has 2 heterocycles. The van der Waals surface area contributed by atoms with Crippen LogP contribution in [-0.4, -0.2) is 24.5 Å². The first kappa shape index (κ1) is 13.0. The van der Waals surface area contributed by atoms with E-state index in [-0.39, 0.29) is 0 Å². The summed E-state index contributed by atoms with van der Waals surface area (Å²) >= 11 is 0. The summed E-state index contributed by atoms with van der Waals surface area (Å²) in [5.74, 6) is 2.26. The molecule has 106 valence electrons. The van der Waals surface area contributed by atoms with Crippen LogP contribution in [0.1, 0.15) is 0 Å². The molecule has 0 amide bonds. The molecule has 0 bridgehead atoms. The predicted octanol–water partition coefficient (Wildman–Crippen LogP) is 2.37. The highest BCUT2D eigenvalue weighted by Gasteiger charge is 2.26. The molecule has 5 heteroatoms. The van der Waals surface area contributed by atoms with Crippen LogP contribution in [0.2, 0.25) is 0 Å². The van der Waals surface area contributed by atoms with E-state index in [1.807, 2.05) is 53.1 Å². The lowest BCUT2D eigenvalue weighted by molar-refractivity contribution is 0.230. The van der Waals surface area contributed by atoms with Gasteiger partial charge in [-0.25, -0.2) is 4.98 Å². The first-order chi connectivity index (χ1) is 10.8. The number of hydrogen-bond donors (Lipinski definition) is 0. The van der Waals surface area contributed by atoms with E-state index in [0.29, 0.717) is 12.3 Å². The first-order valence-corrected chi connectivity index (χ1v) is 7.01. The first-order valence-electron chi connectivity index (χ1n) is 7.01. The van der Waals surface area contributed by atoms with Gasteiger partial charge in [0, 0.05) is 5.59 Å². The third kappa shape index (κ3) is 1.82. The second-order valence-corrected chi connectivity index (χ2v) is 5.07. The summed E-state index contributed by atoms with van der Waals surface area (Å²) in [5, 5.41) is 0. The Hall–Kier alpha value is -2.69. The van der Waals surface area contributed by atoms with E-state index in [1.165, 1.54) is 0 Å². The van der Waals surface area contributed by atoms with Crippen molar-refractivity contribution in [1.82, 2.24) is 9.55 Å². The fourth-order valence-corrected chi connectivity index (χ4v) is 2.84. The molecule has 4 nitrogen and oxygen atoms in total. The molecule has 0 unspecified atom stereocenters. The summed E-state index contributed by atoms with van der Waals surface area (Å²) in [5.41, 5.74) is 3.21. The molecule has 2 aromatic carbocycles. The summed E-state index contributed by atoms with van der Waals surface area (Å²) in [6.45, 7) is 0.379. The molecule has 0 spiro atoms. The number of aromatic nitrogens is 2. The summed E-state index contributed by atoms with van der Waals surface area (Å²) in [6, 6.07) is 15.7. The van der Waals surface area contributed by atoms with Gasteiger partial charge in [0.25, 0.3) is 0 Å². The van der Waals surface area contributed by atoms with Crippen LogP contribution in [0.5, 0.6) is 11.5 Å². The highest BCUT2D eigenvalue weighted by molar-refractivity contribution is 6.34. The monoisotopic (exact) mass is 288 g/mol. The van der Waals surface area contributed by atoms with Crippen LogP contribution >= 0.6 is 0 Å². The molecule has 22 heavy (non-hydrogen) atoms. The van der Waals surface area contributed by atoms with Crippen LogP contribution in [0, 0.1) is 0 Å². The third-order valence-electron chi connectivity index (χ3n) is 3.82. The number of fused-ring (bicyclic) bond motifs is 3. The molecule has 1 aliphatic heterocycles. The largest absolute Gasteiger partial charge is 0.496 e. The standard InChI is InChI=1S/C17H13BN2O2/c1-21-12-8-5-9-13-14(12)17-19-16(18)15(20(17)10-22-13)11-6-3-2-4-7-11/h2-9H,10H2,1H3. The van der Waals surface area contributed by atoms with Gasteiger partial charge in [-0.3, -0.25) is 4.57 Å². The quantitative estimate of drug-likeness (QED) is 0.679. The van der Waals surface area contributed by atoms with Gasteiger partial charge in [0.1, 0.15) is 30.7 Å². The summed E-state index contributed by atoms with van der Waals surface area (Å²) in [6.07, 6.45) is 0. The van der Waals surface area contributed by atoms with Gasteiger partial charge in [-0.15, -0.1) is 0 Å². The molecule has 4 rings (SSSR count). The lowest BCUT2D eigenvalue weighted by Crippen LogP contribution is -2.15. The normalized spacial score (nSPS) is 12.2. The van der Waals surface area contributed by atoms with Gasteiger partial charge < -0.3 is 9.47 Å². The van der Waals surface area contributed by atoms with Crippen LogP contribution in [0.4, 0.5) is 0 Å². The van der Waals surface area contributed by atoms with Gasteiger partial charge in [0.2, 0.25) is 0 Å². The van der Waals surface area contributed by atoms with Crippen molar-refractivity contribution in [2.45, 2.75) is 6.73 Å². The number of rotatable bonds is 2. The second-order valence-electron chi connectivity index (χ2n) is 5.07. The molecule has 1 aliphatic rings. The van der Waals surface area contributed by atoms with Crippen LogP contribution in [-0.2, 0) is 6.73 Å². The van der Waals surface area contributed by atoms with Crippen LogP contribution in [0.25, 0.3) is 22.6 Å². The number of hydrogen-bond acceptors (Lipinski definition) is 3. The van der Waals surface area contributed by atoms with E-state index in [9.17, 15) is 0 Å². The maximum atomic E-state index is 6.17. The minimum Gasteiger partial charge on any atom is -0.496 e. The molecule has 1 aromatic heterocycles. The van der Waals surface area contributed by atoms with Gasteiger partial charge in [-0.05, 0) is 17.7 Å². The fraction of sp³-hybridized carbons (Fsp3) is 0.118. The lowest BCUT2D eigenvalue weighted by Gasteiger charge is -2.22. The van der Waals surface area contributed by atoms with Crippen molar-refractivity contribution in [2.75, 3.05) is 7.11 Å². The highest BCUT2D eigenvalue weighted by Crippen LogP contribution is 2.41. The number of nitrogens with zero attached hydrogens (tertiary/aromatic N) is 2. The third-order valence-corrected chi connectivity index (χ3v) is 3.82. The molecular formula is C17H13BN2O2. The van der Waals surface area contributed by atoms with Gasteiger partial charge >= 0.3 is 0 Å². The van der Waals surface area contributed by atoms with Gasteiger partial charge in [0.15, 0.2) is 6.73 Å². The zero-order valence-corrected chi connectivity index (χ0v) is 12.1. The second kappa shape index (κ2) is 4.95. The Bertz CT molecular complexity index is 829. The molecule has 0 aliphatic carbocycles. The van der Waals surface area contributed by atoms with Crippen molar-refractivity contribution < 1.29 is 9.47 Å². The Morgan fingerprint density at radius 2 is 1.95 bits per heavy atom. The maximum absolute atomic E-state index is 6.17. The van der Waals surface area contributed by atoms with Crippen LogP contribution in [0.15, 0.2) is 48.5 Å². The van der Waals surface area contributed by atoms with E-state index < -0.39 is 0 Å². The Labute approximate surface area is 129 Å². The van der Waals surface area contributed by atoms with Crippen molar-refractivity contribution in [3.8, 4) is 34.1 Å². The van der Waals surface area contributed by atoms with Crippen LogP contribution in [0.3, 0.4) is 0 Å². The van der Waals surface area contributed by atoms with Crippen molar-refractivity contribution in [2.24, 2.45) is 0 Å². The Morgan fingerprint density at radius 3 is 2.73 bits per heavy atom. The summed E-state index contributed by atoms with van der Waals surface area (Å²) < 4.78 is 13.3. The smallest absolute Gasteiger partial charge is 0.166 e. The van der Waals surface area contributed by atoms with E-state index in [4.69, 9.17) is 17.3 Å². The average Bonchev–Trinajstić information content (AvgIpc) is 2.91. The zero-order valence-electron chi connectivity index (χ0n) is 12.1. The summed E-state index contributed by atoms with van der Waals surface area (Å²) in [4.78, 5) is 4.56. The summed E-state index contributed by atoms with van der Waals surface area (Å²) in [7, 11) is 7.81. The minimum absolute atomic E-state index is 0.379. The van der Waals surface area contributed by atoms with Crippen LogP contribution < -0.4 is 15.1 Å². The van der Waals surface area contributed by atoms with E-state index in [0.717, 1.165) is 34.1 Å². The molecule has 0 N–H and O–H groups in total. The molecular weight excluding hydrogens is 275 g/mol. The van der Waals surface area contributed by atoms with Crippen molar-refractivity contribution in [3.63, 3.8) is 0 Å². The topological polar surface area (TPSA) is 36.3 Å². The number of imidazole rings is 1. The molecule has 0 saturated carbocycles. The minimum atomic E-state index is 0.379. The Kier molecular flexibility index (Phi) is 2.93. The molecule has 2 radical (unpaired) electrons. The van der Waals surface area contributed by atoms with Crippen molar-refractivity contribution >= 4 is 13.4 Å². The lowest BCUT2D eigenvalue weighted by atomic mass is 9.98. The van der Waals surface area contributed by atoms with Gasteiger partial charge in [-0.1, -0.05) is 36.4 Å². The number of ether oxygens (including phenoxy) is 2. The van der Waals surface area contributed by atoms with E-state index in [2.05, 4.69) is 4.98 Å². The van der Waals surface area contributed by atoms with Crippen molar-refractivity contribution in [3.05, 3.63) is 48.5 Å². The predicted molar refractivity (Wildman–Crippen MR) is 85.7 cm³/mol. The SMILES string of the molecule is [B]c1nc2n(c1-c1ccccc1)COc1cccc(OC)c1-2. The van der Waals surface area contributed by atoms with Crippen molar-refractivity contribution in [1.29, 1.82) is 0 Å². The van der Waals surface area contributed by atoms with Gasteiger partial charge in [0.05, 0.1) is 12.8 Å². The van der Waals surface area contributed by atoms with E-state index in [1.54, 1.807) is 7.11 Å². The Morgan fingerprint density at radius 1 is 1.14 bits per heavy atom. The maximum Gasteiger partial charge on any atom is 0.166 e. The molecule has 0 atom stereocenters. The average molecular weight is 288 g/mol. The molecule has 0 saturated heterocycles. The van der Waals surface area contributed by atoms with Gasteiger partial charge in [-0.2, -0.15) is 0 Å². The molecule has 3 aromatic rings. The number of methoxy groups -OCH3 is 1. The number of benzene rings is 2. The highest BCUT2D eigenvalue weighted by atomic mass is 16.5. The molecule has 0 fully saturated rings.